The Kier molecular flexibility index (Phi) is 57.3. The minimum absolute atomic E-state index is 0.0365. The number of unbranched alkanes of at least 4 members (excludes halogenated alkanes) is 50. The Labute approximate surface area is 474 Å². The van der Waals surface area contributed by atoms with Gasteiger partial charge in [-0.25, -0.2) is 0 Å². The van der Waals surface area contributed by atoms with E-state index in [2.05, 4.69) is 19.2 Å². The molecular weight excluding hydrogens is 964 g/mol. The zero-order valence-corrected chi connectivity index (χ0v) is 52.8. The van der Waals surface area contributed by atoms with Crippen LogP contribution in [0.25, 0.3) is 0 Å². The summed E-state index contributed by atoms with van der Waals surface area (Å²) in [5.74, 6) is -0.270. The molecule has 10 heteroatoms. The second-order valence-corrected chi connectivity index (χ2v) is 26.4. The van der Waals surface area contributed by atoms with Gasteiger partial charge in [0, 0.05) is 6.42 Å². The van der Waals surface area contributed by atoms with Gasteiger partial charge >= 0.3 is 0 Å². The second-order valence-electron chi connectivity index (χ2n) is 25.0. The highest BCUT2D eigenvalue weighted by Crippen LogP contribution is 2.38. The van der Waals surface area contributed by atoms with Gasteiger partial charge in [-0.15, -0.1) is 0 Å². The smallest absolute Gasteiger partial charge is 0.268 e. The van der Waals surface area contributed by atoms with Crippen molar-refractivity contribution in [2.45, 2.75) is 379 Å². The van der Waals surface area contributed by atoms with Crippen LogP contribution in [0.4, 0.5) is 0 Å². The molecule has 0 heterocycles. The third-order valence-electron chi connectivity index (χ3n) is 16.2. The van der Waals surface area contributed by atoms with Crippen LogP contribution in [0.5, 0.6) is 0 Å². The van der Waals surface area contributed by atoms with Gasteiger partial charge in [-0.05, 0) is 12.8 Å². The third kappa shape index (κ3) is 58.1. The molecule has 4 atom stereocenters. The van der Waals surface area contributed by atoms with Crippen molar-refractivity contribution in [3.8, 4) is 0 Å². The quantitative estimate of drug-likeness (QED) is 0.0314. The molecule has 76 heavy (non-hydrogen) atoms. The maximum absolute atomic E-state index is 13.0. The van der Waals surface area contributed by atoms with E-state index >= 15 is 0 Å². The molecule has 0 spiro atoms. The number of carbonyl (C=O) groups is 1. The molecule has 0 aliphatic rings. The van der Waals surface area contributed by atoms with Crippen molar-refractivity contribution in [2.24, 2.45) is 0 Å². The molecular formula is C66H135N2O7P. The zero-order valence-electron chi connectivity index (χ0n) is 51.9. The number of nitrogens with one attached hydrogen (secondary N) is 1. The van der Waals surface area contributed by atoms with Crippen LogP contribution in [0.15, 0.2) is 0 Å². The first-order chi connectivity index (χ1) is 36.9. The van der Waals surface area contributed by atoms with Crippen LogP contribution in [0, 0.1) is 0 Å². The lowest BCUT2D eigenvalue weighted by molar-refractivity contribution is -0.870. The van der Waals surface area contributed by atoms with E-state index in [1.807, 2.05) is 21.1 Å². The number of carbonyl (C=O) groups excluding carboxylic acids is 1. The Morgan fingerprint density at radius 3 is 0.934 bits per heavy atom. The van der Waals surface area contributed by atoms with Crippen molar-refractivity contribution in [1.29, 1.82) is 0 Å². The number of hydrogen-bond donors (Lipinski definition) is 3. The first kappa shape index (κ1) is 75.5. The topological polar surface area (TPSA) is 128 Å². The summed E-state index contributed by atoms with van der Waals surface area (Å²) in [6, 6.07) is -1.07. The number of quaternary nitrogens is 1. The number of aliphatic hydroxyl groups is 2. The van der Waals surface area contributed by atoms with Crippen molar-refractivity contribution < 1.29 is 38.0 Å². The normalized spacial score (nSPS) is 14.1. The average Bonchev–Trinajstić information content (AvgIpc) is 3.38. The highest BCUT2D eigenvalue weighted by atomic mass is 31.2. The molecule has 1 amide bonds. The molecule has 0 radical (unpaired) electrons. The van der Waals surface area contributed by atoms with Gasteiger partial charge in [-0.1, -0.05) is 341 Å². The average molecular weight is 1100 g/mol. The number of amides is 1. The van der Waals surface area contributed by atoms with Crippen LogP contribution in [0.1, 0.15) is 361 Å². The SMILES string of the molecule is CCCCCCCCCCCCCCCCCCCCCCCCCCCCCCCCCCCCCCCCCCC(=O)NC(COP(=O)([O-])OCC[N+](C)(C)C)C(O)C(O)CCCCCCCCCCCCCC. The summed E-state index contributed by atoms with van der Waals surface area (Å²) < 4.78 is 23.3. The monoisotopic (exact) mass is 1100 g/mol. The van der Waals surface area contributed by atoms with E-state index in [9.17, 15) is 24.5 Å². The summed E-state index contributed by atoms with van der Waals surface area (Å²) in [6.45, 7) is 4.49. The number of phosphoric ester groups is 1. The fourth-order valence-corrected chi connectivity index (χ4v) is 11.6. The predicted octanol–water partition coefficient (Wildman–Crippen LogP) is 19.5. The molecule has 4 unspecified atom stereocenters. The molecule has 0 aliphatic carbocycles. The largest absolute Gasteiger partial charge is 0.756 e. The molecule has 0 aromatic heterocycles. The standard InChI is InChI=1S/C66H135N2O7P/c1-6-8-10-12-14-16-18-20-21-22-23-24-25-26-27-28-29-30-31-32-33-34-35-36-37-38-39-40-41-42-43-44-45-46-47-49-51-53-55-57-59-65(70)67-63(62-75-76(72,73)74-61-60-68(3,4)5)66(71)64(69)58-56-54-52-50-48-19-17-15-13-11-9-7-2/h63-64,66,69,71H,6-62H2,1-5H3,(H-,67,70,72,73). The van der Waals surface area contributed by atoms with Crippen molar-refractivity contribution in [1.82, 2.24) is 5.32 Å². The second kappa shape index (κ2) is 57.7. The molecule has 0 fully saturated rings. The number of rotatable bonds is 64. The van der Waals surface area contributed by atoms with E-state index in [-0.39, 0.29) is 18.9 Å². The Hall–Kier alpha value is -0.540. The van der Waals surface area contributed by atoms with E-state index in [1.54, 1.807) is 0 Å². The minimum atomic E-state index is -4.67. The van der Waals surface area contributed by atoms with E-state index in [0.29, 0.717) is 17.4 Å². The van der Waals surface area contributed by atoms with Gasteiger partial charge in [0.1, 0.15) is 19.3 Å². The highest BCUT2D eigenvalue weighted by Gasteiger charge is 2.29. The summed E-state index contributed by atoms with van der Waals surface area (Å²) in [4.78, 5) is 25.6. The maximum atomic E-state index is 13.0. The van der Waals surface area contributed by atoms with Crippen LogP contribution in [0.3, 0.4) is 0 Å². The first-order valence-electron chi connectivity index (χ1n) is 34.0. The number of phosphoric acid groups is 1. The molecule has 0 bridgehead atoms. The molecule has 456 valence electrons. The van der Waals surface area contributed by atoms with E-state index in [0.717, 1.165) is 38.5 Å². The predicted molar refractivity (Wildman–Crippen MR) is 327 cm³/mol. The van der Waals surface area contributed by atoms with Gasteiger partial charge in [0.2, 0.25) is 5.91 Å². The Morgan fingerprint density at radius 1 is 0.421 bits per heavy atom. The fraction of sp³-hybridized carbons (Fsp3) is 0.985. The molecule has 0 saturated carbocycles. The Morgan fingerprint density at radius 2 is 0.671 bits per heavy atom. The van der Waals surface area contributed by atoms with E-state index < -0.39 is 32.7 Å². The van der Waals surface area contributed by atoms with Crippen LogP contribution in [-0.4, -0.2) is 79.8 Å². The Balaban J connectivity index is 3.84. The molecule has 0 aliphatic heterocycles. The Bertz CT molecular complexity index is 1220. The number of hydrogen-bond acceptors (Lipinski definition) is 7. The molecule has 0 aromatic rings. The van der Waals surface area contributed by atoms with Gasteiger partial charge in [-0.3, -0.25) is 9.36 Å². The third-order valence-corrected chi connectivity index (χ3v) is 17.2. The zero-order chi connectivity index (χ0) is 55.7. The van der Waals surface area contributed by atoms with Crippen LogP contribution < -0.4 is 10.2 Å². The van der Waals surface area contributed by atoms with Crippen molar-refractivity contribution in [2.75, 3.05) is 40.9 Å². The highest BCUT2D eigenvalue weighted by molar-refractivity contribution is 7.45. The molecule has 0 rings (SSSR count). The van der Waals surface area contributed by atoms with Crippen molar-refractivity contribution in [3.05, 3.63) is 0 Å². The molecule has 3 N–H and O–H groups in total. The lowest BCUT2D eigenvalue weighted by atomic mass is 9.99. The van der Waals surface area contributed by atoms with Gasteiger partial charge < -0.3 is 34.0 Å². The van der Waals surface area contributed by atoms with E-state index in [4.69, 9.17) is 9.05 Å². The number of nitrogens with zero attached hydrogens (tertiary/aromatic N) is 1. The lowest BCUT2D eigenvalue weighted by Gasteiger charge is -2.31. The van der Waals surface area contributed by atoms with Gasteiger partial charge in [0.25, 0.3) is 7.82 Å². The fourth-order valence-electron chi connectivity index (χ4n) is 10.8. The summed E-state index contributed by atoms with van der Waals surface area (Å²) in [5, 5.41) is 24.8. The number of likely N-dealkylation sites (N-methyl/N-ethyl adjacent to an activating group) is 1. The van der Waals surface area contributed by atoms with Crippen molar-refractivity contribution >= 4 is 13.7 Å². The van der Waals surface area contributed by atoms with Crippen LogP contribution >= 0.6 is 7.82 Å². The summed E-state index contributed by atoms with van der Waals surface area (Å²) in [6.07, 6.45) is 68.0. The van der Waals surface area contributed by atoms with Gasteiger partial charge in [-0.2, -0.15) is 0 Å². The maximum Gasteiger partial charge on any atom is 0.268 e. The first-order valence-corrected chi connectivity index (χ1v) is 35.4. The van der Waals surface area contributed by atoms with Crippen LogP contribution in [0.2, 0.25) is 0 Å². The summed E-state index contributed by atoms with van der Waals surface area (Å²) in [7, 11) is 1.15. The minimum Gasteiger partial charge on any atom is -0.756 e. The molecule has 9 nitrogen and oxygen atoms in total. The van der Waals surface area contributed by atoms with Crippen LogP contribution in [-0.2, 0) is 18.4 Å². The van der Waals surface area contributed by atoms with E-state index in [1.165, 1.54) is 295 Å². The summed E-state index contributed by atoms with van der Waals surface area (Å²) in [5.41, 5.74) is 0. The molecule has 0 aromatic carbocycles. The summed E-state index contributed by atoms with van der Waals surface area (Å²) >= 11 is 0. The number of aliphatic hydroxyl groups excluding tert-OH is 2. The molecule has 0 saturated heterocycles. The van der Waals surface area contributed by atoms with Gasteiger partial charge in [0.15, 0.2) is 0 Å². The van der Waals surface area contributed by atoms with Gasteiger partial charge in [0.05, 0.1) is 39.9 Å². The lowest BCUT2D eigenvalue weighted by Crippen LogP contribution is -2.51. The van der Waals surface area contributed by atoms with Crippen molar-refractivity contribution in [3.63, 3.8) is 0 Å².